The van der Waals surface area contributed by atoms with E-state index in [0.29, 0.717) is 17.6 Å². The van der Waals surface area contributed by atoms with Crippen LogP contribution in [0.2, 0.25) is 0 Å². The monoisotopic (exact) mass is 221 g/mol. The van der Waals surface area contributed by atoms with Crippen molar-refractivity contribution in [2.45, 2.75) is 6.92 Å². The van der Waals surface area contributed by atoms with E-state index in [1.807, 2.05) is 11.8 Å². The van der Waals surface area contributed by atoms with E-state index in [1.165, 1.54) is 0 Å². The van der Waals surface area contributed by atoms with Crippen molar-refractivity contribution in [1.82, 2.24) is 15.4 Å². The number of aryl methyl sites for hydroxylation is 1. The minimum atomic E-state index is -0.00981. The molecule has 1 amide bonds. The van der Waals surface area contributed by atoms with Gasteiger partial charge in [0.2, 0.25) is 5.76 Å². The van der Waals surface area contributed by atoms with Crippen LogP contribution in [0.1, 0.15) is 16.1 Å². The fourth-order valence-corrected chi connectivity index (χ4v) is 2.66. The van der Waals surface area contributed by atoms with Crippen LogP contribution in [0.15, 0.2) is 10.7 Å². The molecule has 0 aliphatic carbocycles. The molecule has 1 aromatic rings. The first kappa shape index (κ1) is 9.84. The summed E-state index contributed by atoms with van der Waals surface area (Å²) in [6.45, 7) is 5.60. The molecule has 3 rings (SSSR count). The lowest BCUT2D eigenvalue weighted by molar-refractivity contribution is 0.0739. The van der Waals surface area contributed by atoms with Gasteiger partial charge in [0.05, 0.1) is 6.20 Å². The Morgan fingerprint density at radius 3 is 2.75 bits per heavy atom. The quantitative estimate of drug-likeness (QED) is 0.739. The summed E-state index contributed by atoms with van der Waals surface area (Å²) in [7, 11) is 0. The van der Waals surface area contributed by atoms with Gasteiger partial charge in [0.1, 0.15) is 0 Å². The minimum absolute atomic E-state index is 0.00981. The molecule has 5 heteroatoms. The maximum atomic E-state index is 12.1. The summed E-state index contributed by atoms with van der Waals surface area (Å²) in [5, 5.41) is 7.01. The second kappa shape index (κ2) is 3.59. The Labute approximate surface area is 93.8 Å². The van der Waals surface area contributed by atoms with Crippen LogP contribution < -0.4 is 5.32 Å². The molecule has 2 fully saturated rings. The van der Waals surface area contributed by atoms with E-state index >= 15 is 0 Å². The molecule has 5 nitrogen and oxygen atoms in total. The number of rotatable bonds is 1. The first-order valence-electron chi connectivity index (χ1n) is 5.67. The van der Waals surface area contributed by atoms with Crippen LogP contribution in [-0.2, 0) is 0 Å². The number of fused-ring (bicyclic) bond motifs is 1. The van der Waals surface area contributed by atoms with Gasteiger partial charge in [0.25, 0.3) is 5.91 Å². The number of carbonyl (C=O) groups is 1. The van der Waals surface area contributed by atoms with E-state index in [4.69, 9.17) is 4.52 Å². The van der Waals surface area contributed by atoms with Crippen LogP contribution in [0, 0.1) is 18.8 Å². The Morgan fingerprint density at radius 1 is 1.50 bits per heavy atom. The van der Waals surface area contributed by atoms with Crippen LogP contribution in [0.4, 0.5) is 0 Å². The third-order valence-electron chi connectivity index (χ3n) is 3.62. The number of hydrogen-bond donors (Lipinski definition) is 1. The van der Waals surface area contributed by atoms with Gasteiger partial charge in [-0.15, -0.1) is 0 Å². The molecule has 2 aliphatic heterocycles. The van der Waals surface area contributed by atoms with Crippen LogP contribution in [-0.4, -0.2) is 42.1 Å². The van der Waals surface area contributed by atoms with Crippen molar-refractivity contribution >= 4 is 5.91 Å². The van der Waals surface area contributed by atoms with Gasteiger partial charge >= 0.3 is 0 Å². The molecular weight excluding hydrogens is 206 g/mol. The van der Waals surface area contributed by atoms with Gasteiger partial charge in [-0.2, -0.15) is 0 Å². The zero-order valence-corrected chi connectivity index (χ0v) is 9.27. The molecule has 1 N–H and O–H groups in total. The van der Waals surface area contributed by atoms with Crippen LogP contribution in [0.25, 0.3) is 0 Å². The van der Waals surface area contributed by atoms with Crippen LogP contribution in [0.5, 0.6) is 0 Å². The fourth-order valence-electron chi connectivity index (χ4n) is 2.66. The van der Waals surface area contributed by atoms with Crippen molar-refractivity contribution in [2.24, 2.45) is 11.8 Å². The number of likely N-dealkylation sites (tertiary alicyclic amines) is 1. The van der Waals surface area contributed by atoms with Gasteiger partial charge in [-0.25, -0.2) is 0 Å². The predicted octanol–water partition coefficient (Wildman–Crippen LogP) is 0.274. The first-order valence-corrected chi connectivity index (χ1v) is 5.67. The Kier molecular flexibility index (Phi) is 2.21. The standard InChI is InChI=1S/C11H15N3O2/c1-7-2-13-16-10(7)11(15)14-5-8-3-12-4-9(8)6-14/h2,8-9,12H,3-6H2,1H3. The average Bonchev–Trinajstić information content (AvgIpc) is 2.89. The van der Waals surface area contributed by atoms with Crippen molar-refractivity contribution in [3.05, 3.63) is 17.5 Å². The van der Waals surface area contributed by atoms with Crippen molar-refractivity contribution in [3.63, 3.8) is 0 Å². The lowest BCUT2D eigenvalue weighted by atomic mass is 10.0. The molecule has 2 saturated heterocycles. The van der Waals surface area contributed by atoms with Crippen molar-refractivity contribution in [1.29, 1.82) is 0 Å². The molecule has 86 valence electrons. The highest BCUT2D eigenvalue weighted by Crippen LogP contribution is 2.27. The fraction of sp³-hybridized carbons (Fsp3) is 0.636. The molecule has 0 spiro atoms. The van der Waals surface area contributed by atoms with E-state index in [-0.39, 0.29) is 5.91 Å². The normalized spacial score (nSPS) is 28.4. The smallest absolute Gasteiger partial charge is 0.292 e. The van der Waals surface area contributed by atoms with Gasteiger partial charge < -0.3 is 14.7 Å². The summed E-state index contributed by atoms with van der Waals surface area (Å²) in [6, 6.07) is 0. The molecule has 0 radical (unpaired) electrons. The van der Waals surface area contributed by atoms with E-state index < -0.39 is 0 Å². The molecule has 0 bridgehead atoms. The van der Waals surface area contributed by atoms with Gasteiger partial charge in [0, 0.05) is 31.7 Å². The highest BCUT2D eigenvalue weighted by atomic mass is 16.5. The summed E-state index contributed by atoms with van der Waals surface area (Å²) in [5.74, 6) is 1.62. The largest absolute Gasteiger partial charge is 0.351 e. The molecule has 3 heterocycles. The van der Waals surface area contributed by atoms with E-state index in [2.05, 4.69) is 10.5 Å². The molecule has 2 unspecified atom stereocenters. The van der Waals surface area contributed by atoms with Crippen molar-refractivity contribution in [3.8, 4) is 0 Å². The third-order valence-corrected chi connectivity index (χ3v) is 3.62. The average molecular weight is 221 g/mol. The van der Waals surface area contributed by atoms with Gasteiger partial charge in [-0.1, -0.05) is 5.16 Å². The van der Waals surface area contributed by atoms with Crippen molar-refractivity contribution < 1.29 is 9.32 Å². The Hall–Kier alpha value is -1.36. The predicted molar refractivity (Wildman–Crippen MR) is 57.0 cm³/mol. The lowest BCUT2D eigenvalue weighted by Crippen LogP contribution is -2.31. The summed E-state index contributed by atoms with van der Waals surface area (Å²) in [5.41, 5.74) is 0.820. The molecule has 0 aromatic carbocycles. The maximum absolute atomic E-state index is 12.1. The first-order chi connectivity index (χ1) is 7.75. The zero-order chi connectivity index (χ0) is 11.1. The van der Waals surface area contributed by atoms with E-state index in [0.717, 1.165) is 31.7 Å². The van der Waals surface area contributed by atoms with Gasteiger partial charge in [-0.05, 0) is 18.8 Å². The lowest BCUT2D eigenvalue weighted by Gasteiger charge is -2.15. The number of carbonyl (C=O) groups excluding carboxylic acids is 1. The van der Waals surface area contributed by atoms with Crippen LogP contribution >= 0.6 is 0 Å². The van der Waals surface area contributed by atoms with Gasteiger partial charge in [0.15, 0.2) is 0 Å². The van der Waals surface area contributed by atoms with Crippen LogP contribution in [0.3, 0.4) is 0 Å². The molecule has 16 heavy (non-hydrogen) atoms. The summed E-state index contributed by atoms with van der Waals surface area (Å²) < 4.78 is 5.00. The molecule has 2 atom stereocenters. The molecule has 0 saturated carbocycles. The number of amides is 1. The highest BCUT2D eigenvalue weighted by Gasteiger charge is 2.39. The third kappa shape index (κ3) is 1.43. The summed E-state index contributed by atoms with van der Waals surface area (Å²) in [4.78, 5) is 14.0. The minimum Gasteiger partial charge on any atom is -0.351 e. The number of aromatic nitrogens is 1. The van der Waals surface area contributed by atoms with Gasteiger partial charge in [-0.3, -0.25) is 4.79 Å². The topological polar surface area (TPSA) is 58.4 Å². The second-order valence-electron chi connectivity index (χ2n) is 4.73. The zero-order valence-electron chi connectivity index (χ0n) is 9.27. The van der Waals surface area contributed by atoms with E-state index in [1.54, 1.807) is 6.20 Å². The SMILES string of the molecule is Cc1cnoc1C(=O)N1CC2CNCC2C1. The Balaban J connectivity index is 1.75. The summed E-state index contributed by atoms with van der Waals surface area (Å²) >= 11 is 0. The molecule has 2 aliphatic rings. The Morgan fingerprint density at radius 2 is 2.19 bits per heavy atom. The highest BCUT2D eigenvalue weighted by molar-refractivity contribution is 5.92. The molecule has 1 aromatic heterocycles. The number of nitrogens with one attached hydrogen (secondary N) is 1. The second-order valence-corrected chi connectivity index (χ2v) is 4.73. The van der Waals surface area contributed by atoms with E-state index in [9.17, 15) is 4.79 Å². The number of hydrogen-bond acceptors (Lipinski definition) is 4. The summed E-state index contributed by atoms with van der Waals surface area (Å²) in [6.07, 6.45) is 1.59. The van der Waals surface area contributed by atoms with Crippen molar-refractivity contribution in [2.75, 3.05) is 26.2 Å². The molecular formula is C11H15N3O2. The Bertz CT molecular complexity index is 403. The maximum Gasteiger partial charge on any atom is 0.292 e. The number of nitrogens with zero attached hydrogens (tertiary/aromatic N) is 2.